The Kier molecular flexibility index (Phi) is 6.19. The highest BCUT2D eigenvalue weighted by molar-refractivity contribution is 7.92. The molecule has 0 aliphatic heterocycles. The molecule has 6 heteroatoms. The molecule has 0 atom stereocenters. The maximum absolute atomic E-state index is 11.8. The van der Waals surface area contributed by atoms with Crippen LogP contribution in [0.3, 0.4) is 0 Å². The zero-order valence-corrected chi connectivity index (χ0v) is 19.1. The van der Waals surface area contributed by atoms with Gasteiger partial charge in [0.1, 0.15) is 0 Å². The van der Waals surface area contributed by atoms with E-state index in [1.165, 1.54) is 11.1 Å². The highest BCUT2D eigenvalue weighted by Gasteiger charge is 2.22. The summed E-state index contributed by atoms with van der Waals surface area (Å²) in [6.45, 7) is 0.383. The van der Waals surface area contributed by atoms with Crippen molar-refractivity contribution in [2.45, 2.75) is 12.8 Å². The Morgan fingerprint density at radius 2 is 1.71 bits per heavy atom. The van der Waals surface area contributed by atoms with Crippen LogP contribution in [0.1, 0.15) is 27.8 Å². The first-order valence-corrected chi connectivity index (χ1v) is 12.3. The number of rotatable bonds is 5. The van der Waals surface area contributed by atoms with Gasteiger partial charge in [-0.1, -0.05) is 54.1 Å². The van der Waals surface area contributed by atoms with Gasteiger partial charge < -0.3 is 4.74 Å². The van der Waals surface area contributed by atoms with Crippen LogP contribution in [0.15, 0.2) is 66.7 Å². The maximum Gasteiger partial charge on any atom is 0.229 e. The molecular weight excluding hydrogens is 430 g/mol. The molecule has 0 heterocycles. The standard InChI is InChI=1S/C25H24ClNO3S/c1-30-16-24(18-7-5-8-21(15-18)27-31(2,28)29)25-22-9-4-3-6-17(22)10-11-19-14-20(26)12-13-23(19)25/h3-9,12-15,27H,10-11,16H2,1-2H3/b25-24-. The molecule has 0 radical (unpaired) electrons. The fourth-order valence-corrected chi connectivity index (χ4v) is 4.91. The quantitative estimate of drug-likeness (QED) is 0.561. The third-order valence-corrected chi connectivity index (χ3v) is 6.23. The predicted molar refractivity (Wildman–Crippen MR) is 128 cm³/mol. The molecule has 3 aromatic rings. The summed E-state index contributed by atoms with van der Waals surface area (Å²) < 4.78 is 31.7. The summed E-state index contributed by atoms with van der Waals surface area (Å²) in [6, 6.07) is 21.9. The number of nitrogens with one attached hydrogen (secondary N) is 1. The van der Waals surface area contributed by atoms with Crippen LogP contribution in [0.4, 0.5) is 5.69 Å². The molecule has 0 fully saturated rings. The van der Waals surface area contributed by atoms with Crippen LogP contribution in [-0.4, -0.2) is 28.4 Å². The molecule has 0 saturated carbocycles. The lowest BCUT2D eigenvalue weighted by Gasteiger charge is -2.19. The van der Waals surface area contributed by atoms with Crippen LogP contribution in [-0.2, 0) is 27.6 Å². The Morgan fingerprint density at radius 3 is 2.48 bits per heavy atom. The monoisotopic (exact) mass is 453 g/mol. The van der Waals surface area contributed by atoms with Crippen molar-refractivity contribution < 1.29 is 13.2 Å². The minimum atomic E-state index is -3.38. The van der Waals surface area contributed by atoms with Gasteiger partial charge in [-0.25, -0.2) is 8.42 Å². The smallest absolute Gasteiger partial charge is 0.229 e. The van der Waals surface area contributed by atoms with Gasteiger partial charge in [-0.15, -0.1) is 0 Å². The molecule has 0 bridgehead atoms. The van der Waals surface area contributed by atoms with Crippen molar-refractivity contribution in [3.05, 3.63) is 99.6 Å². The van der Waals surface area contributed by atoms with Crippen molar-refractivity contribution in [3.8, 4) is 0 Å². The fourth-order valence-electron chi connectivity index (χ4n) is 4.16. The average Bonchev–Trinajstić information content (AvgIpc) is 2.88. The van der Waals surface area contributed by atoms with Gasteiger partial charge in [0.25, 0.3) is 0 Å². The van der Waals surface area contributed by atoms with E-state index in [-0.39, 0.29) is 0 Å². The van der Waals surface area contributed by atoms with E-state index in [0.29, 0.717) is 12.3 Å². The summed E-state index contributed by atoms with van der Waals surface area (Å²) in [6.07, 6.45) is 2.96. The van der Waals surface area contributed by atoms with Crippen LogP contribution in [0.5, 0.6) is 0 Å². The average molecular weight is 454 g/mol. The van der Waals surface area contributed by atoms with Crippen LogP contribution in [0.2, 0.25) is 5.02 Å². The highest BCUT2D eigenvalue weighted by atomic mass is 35.5. The molecule has 1 N–H and O–H groups in total. The summed E-state index contributed by atoms with van der Waals surface area (Å²) in [7, 11) is -1.71. The first-order chi connectivity index (χ1) is 14.9. The van der Waals surface area contributed by atoms with Gasteiger partial charge in [-0.05, 0) is 76.1 Å². The molecule has 0 unspecified atom stereocenters. The lowest BCUT2D eigenvalue weighted by Crippen LogP contribution is -2.10. The molecule has 1 aliphatic carbocycles. The number of aryl methyl sites for hydroxylation is 2. The van der Waals surface area contributed by atoms with Gasteiger partial charge >= 0.3 is 0 Å². The van der Waals surface area contributed by atoms with E-state index >= 15 is 0 Å². The zero-order chi connectivity index (χ0) is 22.0. The summed E-state index contributed by atoms with van der Waals surface area (Å²) >= 11 is 6.32. The molecule has 1 aliphatic rings. The van der Waals surface area contributed by atoms with E-state index in [1.807, 2.05) is 36.4 Å². The van der Waals surface area contributed by atoms with Gasteiger partial charge in [0.05, 0.1) is 12.9 Å². The molecule has 4 rings (SSSR count). The molecule has 0 amide bonds. The minimum Gasteiger partial charge on any atom is -0.380 e. The second-order valence-electron chi connectivity index (χ2n) is 7.70. The van der Waals surface area contributed by atoms with Crippen LogP contribution in [0, 0.1) is 0 Å². The fraction of sp³-hybridized carbons (Fsp3) is 0.200. The van der Waals surface area contributed by atoms with Crippen molar-refractivity contribution in [2.75, 3.05) is 24.7 Å². The molecular formula is C25H24ClNO3S. The maximum atomic E-state index is 11.8. The van der Waals surface area contributed by atoms with Crippen molar-refractivity contribution in [1.29, 1.82) is 0 Å². The Morgan fingerprint density at radius 1 is 0.968 bits per heavy atom. The Labute approximate surface area is 188 Å². The second kappa shape index (κ2) is 8.87. The van der Waals surface area contributed by atoms with Crippen LogP contribution >= 0.6 is 11.6 Å². The van der Waals surface area contributed by atoms with Crippen molar-refractivity contribution >= 4 is 38.5 Å². The molecule has 160 valence electrons. The Balaban J connectivity index is 2.01. The summed E-state index contributed by atoms with van der Waals surface area (Å²) in [5.74, 6) is 0. The number of hydrogen-bond acceptors (Lipinski definition) is 3. The third-order valence-electron chi connectivity index (χ3n) is 5.39. The van der Waals surface area contributed by atoms with Gasteiger partial charge in [0, 0.05) is 17.8 Å². The molecule has 0 aromatic heterocycles. The lowest BCUT2D eigenvalue weighted by molar-refractivity contribution is 0.240. The van der Waals surface area contributed by atoms with Crippen molar-refractivity contribution in [1.82, 2.24) is 0 Å². The number of methoxy groups -OCH3 is 1. The van der Waals surface area contributed by atoms with Crippen LogP contribution < -0.4 is 4.72 Å². The third kappa shape index (κ3) is 4.85. The van der Waals surface area contributed by atoms with E-state index < -0.39 is 10.0 Å². The number of sulfonamides is 1. The minimum absolute atomic E-state index is 0.383. The summed E-state index contributed by atoms with van der Waals surface area (Å²) in [5, 5.41) is 0.719. The predicted octanol–water partition coefficient (Wildman–Crippen LogP) is 5.42. The Bertz CT molecular complexity index is 1270. The molecule has 31 heavy (non-hydrogen) atoms. The lowest BCUT2D eigenvalue weighted by atomic mass is 9.87. The van der Waals surface area contributed by atoms with Gasteiger partial charge in [-0.2, -0.15) is 0 Å². The van der Waals surface area contributed by atoms with Crippen LogP contribution in [0.25, 0.3) is 11.1 Å². The molecule has 3 aromatic carbocycles. The summed E-state index contributed by atoms with van der Waals surface area (Å²) in [4.78, 5) is 0. The topological polar surface area (TPSA) is 55.4 Å². The first-order valence-electron chi connectivity index (χ1n) is 10.0. The molecule has 0 spiro atoms. The normalized spacial score (nSPS) is 14.9. The van der Waals surface area contributed by atoms with Crippen molar-refractivity contribution in [2.24, 2.45) is 0 Å². The number of fused-ring (bicyclic) bond motifs is 2. The van der Waals surface area contributed by atoms with Crippen molar-refractivity contribution in [3.63, 3.8) is 0 Å². The first kappa shape index (κ1) is 21.6. The largest absolute Gasteiger partial charge is 0.380 e. The number of hydrogen-bond donors (Lipinski definition) is 1. The number of halogens is 1. The summed E-state index contributed by atoms with van der Waals surface area (Å²) in [5.41, 5.74) is 8.27. The van der Waals surface area contributed by atoms with Gasteiger partial charge in [0.2, 0.25) is 10.0 Å². The molecule has 4 nitrogen and oxygen atoms in total. The van der Waals surface area contributed by atoms with E-state index in [1.54, 1.807) is 13.2 Å². The highest BCUT2D eigenvalue weighted by Crippen LogP contribution is 2.40. The SMILES string of the molecule is COC/C(=C1\c2ccccc2CCc2cc(Cl)ccc21)c1cccc(NS(C)(=O)=O)c1. The van der Waals surface area contributed by atoms with E-state index in [0.717, 1.165) is 52.0 Å². The van der Waals surface area contributed by atoms with E-state index in [2.05, 4.69) is 29.0 Å². The number of anilines is 1. The van der Waals surface area contributed by atoms with E-state index in [4.69, 9.17) is 16.3 Å². The number of benzene rings is 3. The number of ether oxygens (including phenoxy) is 1. The van der Waals surface area contributed by atoms with E-state index in [9.17, 15) is 8.42 Å². The zero-order valence-electron chi connectivity index (χ0n) is 17.5. The molecule has 0 saturated heterocycles. The van der Waals surface area contributed by atoms with Gasteiger partial charge in [-0.3, -0.25) is 4.72 Å². The second-order valence-corrected chi connectivity index (χ2v) is 9.89. The Hall–Kier alpha value is -2.60. The van der Waals surface area contributed by atoms with Gasteiger partial charge in [0.15, 0.2) is 0 Å².